The second-order valence-electron chi connectivity index (χ2n) is 1.46. The molecule has 0 aliphatic rings. The van der Waals surface area contributed by atoms with Crippen molar-refractivity contribution < 1.29 is 22.2 Å². The second kappa shape index (κ2) is 2.83. The summed E-state index contributed by atoms with van der Waals surface area (Å²) < 4.78 is 5.04. The van der Waals surface area contributed by atoms with Gasteiger partial charge < -0.3 is 0 Å². The van der Waals surface area contributed by atoms with Crippen molar-refractivity contribution in [1.82, 2.24) is 0 Å². The number of para-hydroxylation sites is 1. The molecule has 1 nitrogen and oxygen atoms in total. The van der Waals surface area contributed by atoms with Crippen molar-refractivity contribution in [2.45, 2.75) is 0 Å². The van der Waals surface area contributed by atoms with Crippen LogP contribution in [-0.2, 0) is 18.7 Å². The van der Waals surface area contributed by atoms with Gasteiger partial charge in [0.25, 0.3) is 0 Å². The Morgan fingerprint density at radius 1 is 1.12 bits per heavy atom. The molecule has 0 amide bonds. The summed E-state index contributed by atoms with van der Waals surface area (Å²) in [5.41, 5.74) is 0. The minimum atomic E-state index is 0.865. The minimum absolute atomic E-state index is 0.865. The van der Waals surface area contributed by atoms with Gasteiger partial charge in [0.1, 0.15) is 0 Å². The fourth-order valence-corrected chi connectivity index (χ4v) is 0.920. The van der Waals surface area contributed by atoms with E-state index in [-0.39, 0.29) is 0 Å². The number of rotatable bonds is 1. The Morgan fingerprint density at radius 2 is 1.75 bits per heavy atom. The Hall–Kier alpha value is -0.357. The van der Waals surface area contributed by atoms with Crippen LogP contribution in [0, 0.1) is 0 Å². The third-order valence-electron chi connectivity index (χ3n) is 0.910. The molecule has 0 saturated carbocycles. The molecule has 0 bridgehead atoms. The standard InChI is InChI=1S/C6H6O.Zn/c7-6-4-2-1-3-5-6;/h1-5,7H;/q;+1/p-1. The van der Waals surface area contributed by atoms with Crippen LogP contribution < -0.4 is 3.56 Å². The Bertz CT molecular complexity index is 150. The summed E-state index contributed by atoms with van der Waals surface area (Å²) in [4.78, 5) is 0. The van der Waals surface area contributed by atoms with Gasteiger partial charge in [-0.15, -0.1) is 0 Å². The van der Waals surface area contributed by atoms with E-state index in [0.29, 0.717) is 0 Å². The molecule has 0 fully saturated rings. The molecule has 0 atom stereocenters. The maximum atomic E-state index is 5.04. The predicted molar refractivity (Wildman–Crippen MR) is 27.1 cm³/mol. The van der Waals surface area contributed by atoms with Crippen molar-refractivity contribution in [2.24, 2.45) is 0 Å². The van der Waals surface area contributed by atoms with E-state index in [2.05, 4.69) is 0 Å². The Kier molecular flexibility index (Phi) is 2.04. The van der Waals surface area contributed by atoms with Crippen LogP contribution in [0.2, 0.25) is 0 Å². The molecule has 8 heavy (non-hydrogen) atoms. The number of hydrogen-bond acceptors (Lipinski definition) is 1. The third kappa shape index (κ3) is 1.31. The maximum absolute atomic E-state index is 5.04. The summed E-state index contributed by atoms with van der Waals surface area (Å²) in [6, 6.07) is 9.80. The monoisotopic (exact) mass is 157 g/mol. The molecule has 0 aromatic heterocycles. The van der Waals surface area contributed by atoms with Crippen LogP contribution in [0.3, 0.4) is 0 Å². The van der Waals surface area contributed by atoms with Gasteiger partial charge in [0.15, 0.2) is 0 Å². The van der Waals surface area contributed by atoms with E-state index in [0.717, 1.165) is 24.4 Å². The van der Waals surface area contributed by atoms with E-state index in [9.17, 15) is 0 Å². The summed E-state index contributed by atoms with van der Waals surface area (Å²) in [7, 11) is 0. The number of hydrogen-bond donors (Lipinski definition) is 0. The van der Waals surface area contributed by atoms with E-state index in [1.54, 1.807) is 0 Å². The molecule has 2 heteroatoms. The average Bonchev–Trinajstić information content (AvgIpc) is 1.90. The zero-order valence-electron chi connectivity index (χ0n) is 4.50. The van der Waals surface area contributed by atoms with Gasteiger partial charge in [-0.1, -0.05) is 0 Å². The van der Waals surface area contributed by atoms with Crippen molar-refractivity contribution in [3.63, 3.8) is 0 Å². The van der Waals surface area contributed by atoms with Crippen LogP contribution >= 0.6 is 0 Å². The van der Waals surface area contributed by atoms with Gasteiger partial charge >= 0.3 is 58.3 Å². The molecule has 0 aliphatic carbocycles. The summed E-state index contributed by atoms with van der Waals surface area (Å²) in [6.45, 7) is 0. The first-order valence-corrected chi connectivity index (χ1v) is 3.61. The van der Waals surface area contributed by atoms with Crippen LogP contribution in [0.15, 0.2) is 30.3 Å². The zero-order chi connectivity index (χ0) is 5.82. The van der Waals surface area contributed by atoms with Gasteiger partial charge in [-0.05, 0) is 0 Å². The van der Waals surface area contributed by atoms with Gasteiger partial charge in [0, 0.05) is 0 Å². The summed E-state index contributed by atoms with van der Waals surface area (Å²) in [5, 5.41) is 0. The first kappa shape index (κ1) is 5.77. The van der Waals surface area contributed by atoms with Crippen molar-refractivity contribution >= 4 is 0 Å². The van der Waals surface area contributed by atoms with Crippen LogP contribution in [0.5, 0.6) is 5.75 Å². The Balaban J connectivity index is 2.83. The molecular weight excluding hydrogens is 153 g/mol. The van der Waals surface area contributed by atoms with Crippen LogP contribution in [-0.4, -0.2) is 0 Å². The fraction of sp³-hybridized carbons (Fsp3) is 0. The van der Waals surface area contributed by atoms with Crippen LogP contribution in [0.4, 0.5) is 0 Å². The van der Waals surface area contributed by atoms with E-state index in [1.165, 1.54) is 0 Å². The van der Waals surface area contributed by atoms with Crippen molar-refractivity contribution in [3.8, 4) is 5.75 Å². The zero-order valence-corrected chi connectivity index (χ0v) is 7.47. The molecule has 0 N–H and O–H groups in total. The van der Waals surface area contributed by atoms with E-state index in [4.69, 9.17) is 3.56 Å². The summed E-state index contributed by atoms with van der Waals surface area (Å²) in [5.74, 6) is 0.965. The number of benzene rings is 1. The van der Waals surface area contributed by atoms with Gasteiger partial charge in [-0.3, -0.25) is 0 Å². The molecule has 0 radical (unpaired) electrons. The molecule has 0 saturated heterocycles. The first-order chi connectivity index (χ1) is 3.93. The molecule has 0 unspecified atom stereocenters. The Labute approximate surface area is 58.8 Å². The second-order valence-corrected chi connectivity index (χ2v) is 2.06. The molecule has 37 valence electrons. The van der Waals surface area contributed by atoms with Gasteiger partial charge in [0.2, 0.25) is 0 Å². The van der Waals surface area contributed by atoms with E-state index < -0.39 is 0 Å². The first-order valence-electron chi connectivity index (χ1n) is 2.40. The molecule has 1 aromatic rings. The quantitative estimate of drug-likeness (QED) is 0.563. The van der Waals surface area contributed by atoms with Gasteiger partial charge in [-0.2, -0.15) is 0 Å². The molecule has 1 rings (SSSR count). The van der Waals surface area contributed by atoms with Crippen LogP contribution in [0.1, 0.15) is 0 Å². The summed E-state index contributed by atoms with van der Waals surface area (Å²) in [6.07, 6.45) is 0. The van der Waals surface area contributed by atoms with Gasteiger partial charge in [0.05, 0.1) is 0 Å². The summed E-state index contributed by atoms with van der Waals surface area (Å²) >= 11 is 0.865. The van der Waals surface area contributed by atoms with E-state index in [1.807, 2.05) is 30.3 Å². The van der Waals surface area contributed by atoms with Crippen LogP contribution in [0.25, 0.3) is 0 Å². The normalized spacial score (nSPS) is 8.75. The van der Waals surface area contributed by atoms with Crippen molar-refractivity contribution in [1.29, 1.82) is 0 Å². The van der Waals surface area contributed by atoms with E-state index >= 15 is 0 Å². The third-order valence-corrected chi connectivity index (χ3v) is 1.61. The SMILES string of the molecule is [Zn][O]c1ccccc1. The van der Waals surface area contributed by atoms with Crippen molar-refractivity contribution in [3.05, 3.63) is 30.3 Å². The molecule has 0 aliphatic heterocycles. The predicted octanol–water partition coefficient (Wildman–Crippen LogP) is 1.53. The molecule has 0 heterocycles. The topological polar surface area (TPSA) is 9.23 Å². The molecule has 0 spiro atoms. The van der Waals surface area contributed by atoms with Gasteiger partial charge in [-0.25, -0.2) is 0 Å². The fourth-order valence-electron chi connectivity index (χ4n) is 0.517. The van der Waals surface area contributed by atoms with Crippen molar-refractivity contribution in [2.75, 3.05) is 0 Å². The molecule has 1 aromatic carbocycles. The molecular formula is C6H5OZn. The Morgan fingerprint density at radius 3 is 2.12 bits per heavy atom. The average molecular weight is 158 g/mol.